The predicted molar refractivity (Wildman–Crippen MR) is 91.0 cm³/mol. The molecule has 0 saturated carbocycles. The van der Waals surface area contributed by atoms with E-state index >= 15 is 0 Å². The number of piperazine rings is 1. The maximum Gasteiger partial charge on any atom is 0.230 e. The fourth-order valence-corrected chi connectivity index (χ4v) is 3.03. The van der Waals surface area contributed by atoms with Crippen molar-refractivity contribution in [1.82, 2.24) is 0 Å². The molecule has 1 aliphatic rings. The number of amides is 1. The highest BCUT2D eigenvalue weighted by molar-refractivity contribution is 5.92. The number of nitrogens with one attached hydrogen (secondary N) is 3. The van der Waals surface area contributed by atoms with Gasteiger partial charge in [-0.2, -0.15) is 0 Å². The van der Waals surface area contributed by atoms with E-state index in [2.05, 4.69) is 5.32 Å². The van der Waals surface area contributed by atoms with Crippen LogP contribution in [0.25, 0.3) is 0 Å². The Morgan fingerprint density at radius 3 is 2.38 bits per heavy atom. The number of ether oxygens (including phenoxy) is 2. The van der Waals surface area contributed by atoms with E-state index < -0.39 is 0 Å². The average Bonchev–Trinajstić information content (AvgIpc) is 2.61. The minimum absolute atomic E-state index is 0.0146. The Morgan fingerprint density at radius 1 is 1.12 bits per heavy atom. The summed E-state index contributed by atoms with van der Waals surface area (Å²) in [5.74, 6) is 1.29. The van der Waals surface area contributed by atoms with Crippen LogP contribution in [-0.2, 0) is 4.79 Å². The molecule has 0 radical (unpaired) electrons. The summed E-state index contributed by atoms with van der Waals surface area (Å²) >= 11 is 0. The number of benzene rings is 1. The summed E-state index contributed by atoms with van der Waals surface area (Å²) in [6.07, 6.45) is 0.477. The molecule has 134 valence electrons. The molecule has 0 atom stereocenters. The minimum atomic E-state index is -0.0146. The predicted octanol–water partition coefficient (Wildman–Crippen LogP) is -2.19. The summed E-state index contributed by atoms with van der Waals surface area (Å²) < 4.78 is 10.5. The standard InChI is InChI=1S/C17H27N3O4/c1-23-14-3-4-16(24-2)15(13-14)18-17(22)5-6-19-7-9-20(10-8-19)11-12-21/h3-4,13,21H,5-12H2,1-2H3,(H,18,22)/p+2. The van der Waals surface area contributed by atoms with Crippen molar-refractivity contribution in [2.24, 2.45) is 0 Å². The van der Waals surface area contributed by atoms with E-state index in [0.29, 0.717) is 23.6 Å². The maximum atomic E-state index is 12.2. The number of methoxy groups -OCH3 is 2. The normalized spacial score (nSPS) is 20.5. The summed E-state index contributed by atoms with van der Waals surface area (Å²) in [6, 6.07) is 5.34. The molecule has 7 heteroatoms. The monoisotopic (exact) mass is 339 g/mol. The molecule has 7 nitrogen and oxygen atoms in total. The smallest absolute Gasteiger partial charge is 0.230 e. The van der Waals surface area contributed by atoms with E-state index in [1.807, 2.05) is 0 Å². The van der Waals surface area contributed by atoms with Crippen molar-refractivity contribution in [2.75, 3.05) is 65.4 Å². The number of hydrogen-bond acceptors (Lipinski definition) is 4. The lowest BCUT2D eigenvalue weighted by molar-refractivity contribution is -1.01. The van der Waals surface area contributed by atoms with E-state index in [1.165, 1.54) is 9.80 Å². The van der Waals surface area contributed by atoms with Crippen molar-refractivity contribution in [3.63, 3.8) is 0 Å². The Labute approximate surface area is 143 Å². The quantitative estimate of drug-likeness (QED) is 0.434. The Hall–Kier alpha value is -1.83. The van der Waals surface area contributed by atoms with Crippen LogP contribution in [0.5, 0.6) is 11.5 Å². The number of hydrogen-bond donors (Lipinski definition) is 4. The molecule has 1 amide bonds. The number of aliphatic hydroxyl groups is 1. The molecule has 2 rings (SSSR count). The zero-order chi connectivity index (χ0) is 17.4. The fraction of sp³-hybridized carbons (Fsp3) is 0.588. The zero-order valence-electron chi connectivity index (χ0n) is 14.6. The Morgan fingerprint density at radius 2 is 1.79 bits per heavy atom. The molecule has 0 unspecified atom stereocenters. The van der Waals surface area contributed by atoms with Crippen LogP contribution in [0, 0.1) is 0 Å². The molecular formula is C17H29N3O4+2. The molecule has 4 N–H and O–H groups in total. The molecule has 0 aliphatic carbocycles. The summed E-state index contributed by atoms with van der Waals surface area (Å²) in [4.78, 5) is 15.1. The highest BCUT2D eigenvalue weighted by atomic mass is 16.5. The topological polar surface area (TPSA) is 76.7 Å². The molecule has 1 fully saturated rings. The number of quaternary nitrogens is 2. The van der Waals surface area contributed by atoms with Crippen molar-refractivity contribution in [3.8, 4) is 11.5 Å². The van der Waals surface area contributed by atoms with Crippen LogP contribution in [0.1, 0.15) is 6.42 Å². The van der Waals surface area contributed by atoms with Crippen LogP contribution >= 0.6 is 0 Å². The van der Waals surface area contributed by atoms with E-state index in [4.69, 9.17) is 14.6 Å². The van der Waals surface area contributed by atoms with Crippen LogP contribution in [0.3, 0.4) is 0 Å². The molecule has 1 aromatic rings. The van der Waals surface area contributed by atoms with Crippen LogP contribution < -0.4 is 24.6 Å². The summed E-state index contributed by atoms with van der Waals surface area (Å²) in [5.41, 5.74) is 0.633. The van der Waals surface area contributed by atoms with Gasteiger partial charge in [-0.1, -0.05) is 0 Å². The van der Waals surface area contributed by atoms with Gasteiger partial charge in [0.25, 0.3) is 0 Å². The van der Waals surface area contributed by atoms with Gasteiger partial charge < -0.3 is 29.7 Å². The molecule has 0 aromatic heterocycles. The van der Waals surface area contributed by atoms with Crippen molar-refractivity contribution < 1.29 is 29.2 Å². The molecule has 0 spiro atoms. The molecular weight excluding hydrogens is 310 g/mol. The van der Waals surface area contributed by atoms with Gasteiger partial charge >= 0.3 is 0 Å². The van der Waals surface area contributed by atoms with Crippen molar-refractivity contribution in [2.45, 2.75) is 6.42 Å². The molecule has 1 saturated heterocycles. The van der Waals surface area contributed by atoms with Gasteiger partial charge in [-0.15, -0.1) is 0 Å². The minimum Gasteiger partial charge on any atom is -0.497 e. The number of aliphatic hydroxyl groups excluding tert-OH is 1. The second-order valence-corrected chi connectivity index (χ2v) is 6.09. The van der Waals surface area contributed by atoms with Crippen molar-refractivity contribution in [3.05, 3.63) is 18.2 Å². The molecule has 1 aliphatic heterocycles. The van der Waals surface area contributed by atoms with Gasteiger partial charge in [-0.25, -0.2) is 0 Å². The molecule has 1 heterocycles. The second kappa shape index (κ2) is 9.46. The first-order valence-electron chi connectivity index (χ1n) is 8.46. The van der Waals surface area contributed by atoms with Gasteiger partial charge in [0, 0.05) is 6.07 Å². The SMILES string of the molecule is COc1ccc(OC)c(NC(=O)CC[NH+]2CC[NH+](CCO)CC2)c1. The Kier molecular flexibility index (Phi) is 7.30. The van der Waals surface area contributed by atoms with Gasteiger partial charge in [0.05, 0.1) is 39.5 Å². The number of carbonyl (C=O) groups is 1. The van der Waals surface area contributed by atoms with Crippen LogP contribution in [0.4, 0.5) is 5.69 Å². The summed E-state index contributed by atoms with van der Waals surface area (Å²) in [7, 11) is 3.17. The van der Waals surface area contributed by atoms with Gasteiger partial charge in [-0.05, 0) is 12.1 Å². The highest BCUT2D eigenvalue weighted by Crippen LogP contribution is 2.28. The van der Waals surface area contributed by atoms with Gasteiger partial charge in [0.1, 0.15) is 44.2 Å². The molecule has 24 heavy (non-hydrogen) atoms. The Bertz CT molecular complexity index is 531. The Balaban J connectivity index is 1.80. The van der Waals surface area contributed by atoms with Crippen molar-refractivity contribution in [1.29, 1.82) is 0 Å². The van der Waals surface area contributed by atoms with Gasteiger partial charge in [-0.3, -0.25) is 4.79 Å². The number of carbonyl (C=O) groups excluding carboxylic acids is 1. The first-order valence-corrected chi connectivity index (χ1v) is 8.46. The number of anilines is 1. The van der Waals surface area contributed by atoms with Crippen LogP contribution in [0.2, 0.25) is 0 Å². The summed E-state index contributed by atoms with van der Waals surface area (Å²) in [6.45, 7) is 6.10. The fourth-order valence-electron chi connectivity index (χ4n) is 3.03. The van der Waals surface area contributed by atoms with Gasteiger partial charge in [0.2, 0.25) is 5.91 Å². The van der Waals surface area contributed by atoms with E-state index in [0.717, 1.165) is 39.3 Å². The molecule has 1 aromatic carbocycles. The average molecular weight is 339 g/mol. The third-order valence-electron chi connectivity index (χ3n) is 4.52. The third-order valence-corrected chi connectivity index (χ3v) is 4.52. The van der Waals surface area contributed by atoms with E-state index in [-0.39, 0.29) is 12.5 Å². The lowest BCUT2D eigenvalue weighted by Crippen LogP contribution is -3.28. The first-order chi connectivity index (χ1) is 11.7. The van der Waals surface area contributed by atoms with Crippen LogP contribution in [-0.4, -0.2) is 71.1 Å². The third kappa shape index (κ3) is 5.36. The number of rotatable bonds is 8. The maximum absolute atomic E-state index is 12.2. The second-order valence-electron chi connectivity index (χ2n) is 6.09. The van der Waals surface area contributed by atoms with Crippen LogP contribution in [0.15, 0.2) is 18.2 Å². The highest BCUT2D eigenvalue weighted by Gasteiger charge is 2.22. The first kappa shape index (κ1) is 18.5. The lowest BCUT2D eigenvalue weighted by atomic mass is 10.2. The van der Waals surface area contributed by atoms with Gasteiger partial charge in [0.15, 0.2) is 0 Å². The lowest BCUT2D eigenvalue weighted by Gasteiger charge is -2.29. The van der Waals surface area contributed by atoms with E-state index in [1.54, 1.807) is 32.4 Å². The largest absolute Gasteiger partial charge is 0.497 e. The zero-order valence-corrected chi connectivity index (χ0v) is 14.6. The van der Waals surface area contributed by atoms with E-state index in [9.17, 15) is 4.79 Å². The van der Waals surface area contributed by atoms with Crippen molar-refractivity contribution >= 4 is 11.6 Å². The molecule has 0 bridgehead atoms. The summed E-state index contributed by atoms with van der Waals surface area (Å²) in [5, 5.41) is 11.9.